The molecule has 1 aromatic rings. The Kier molecular flexibility index (Phi) is 5.79. The molecule has 0 amide bonds. The Hall–Kier alpha value is -0.730. The van der Waals surface area contributed by atoms with E-state index in [0.717, 1.165) is 38.3 Å². The molecule has 0 radical (unpaired) electrons. The lowest BCUT2D eigenvalue weighted by molar-refractivity contribution is 0.271. The number of benzene rings is 1. The van der Waals surface area contributed by atoms with Gasteiger partial charge in [0.05, 0.1) is 6.61 Å². The molecule has 96 valence electrons. The zero-order chi connectivity index (χ0) is 11.4. The standard InChI is InChI=1S/C14H21NO.ClH/c1-11(2)10-16-14-4-3-12-5-7-15-8-6-13(12)9-14;/h3-4,9,11,15H,5-8,10H2,1-2H3;1H. The van der Waals surface area contributed by atoms with Crippen LogP contribution in [0.25, 0.3) is 0 Å². The van der Waals surface area contributed by atoms with Crippen molar-refractivity contribution in [1.82, 2.24) is 5.32 Å². The number of nitrogens with one attached hydrogen (secondary N) is 1. The first-order valence-corrected chi connectivity index (χ1v) is 6.21. The molecular formula is C14H22ClNO. The van der Waals surface area contributed by atoms with Crippen molar-refractivity contribution in [2.75, 3.05) is 19.7 Å². The number of hydrogen-bond acceptors (Lipinski definition) is 2. The smallest absolute Gasteiger partial charge is 0.119 e. The van der Waals surface area contributed by atoms with E-state index in [-0.39, 0.29) is 12.4 Å². The molecule has 2 nitrogen and oxygen atoms in total. The van der Waals surface area contributed by atoms with Crippen molar-refractivity contribution in [2.24, 2.45) is 5.92 Å². The van der Waals surface area contributed by atoms with Gasteiger partial charge in [0.15, 0.2) is 0 Å². The highest BCUT2D eigenvalue weighted by atomic mass is 35.5. The third-order valence-electron chi connectivity index (χ3n) is 2.90. The number of hydrogen-bond donors (Lipinski definition) is 1. The van der Waals surface area contributed by atoms with Gasteiger partial charge in [0.2, 0.25) is 0 Å². The average Bonchev–Trinajstić information content (AvgIpc) is 2.50. The van der Waals surface area contributed by atoms with E-state index in [1.807, 2.05) is 0 Å². The lowest BCUT2D eigenvalue weighted by Crippen LogP contribution is -2.16. The van der Waals surface area contributed by atoms with Crippen molar-refractivity contribution in [3.05, 3.63) is 29.3 Å². The molecule has 0 bridgehead atoms. The van der Waals surface area contributed by atoms with Gasteiger partial charge in [-0.1, -0.05) is 19.9 Å². The number of fused-ring (bicyclic) bond motifs is 1. The first-order valence-electron chi connectivity index (χ1n) is 6.21. The number of ether oxygens (including phenoxy) is 1. The molecular weight excluding hydrogens is 234 g/mol. The van der Waals surface area contributed by atoms with Crippen LogP contribution in [0, 0.1) is 5.92 Å². The summed E-state index contributed by atoms with van der Waals surface area (Å²) < 4.78 is 5.75. The van der Waals surface area contributed by atoms with Crippen molar-refractivity contribution in [3.8, 4) is 5.75 Å². The molecule has 0 aliphatic carbocycles. The van der Waals surface area contributed by atoms with E-state index in [9.17, 15) is 0 Å². The van der Waals surface area contributed by atoms with Crippen LogP contribution in [0.15, 0.2) is 18.2 Å². The lowest BCUT2D eigenvalue weighted by Gasteiger charge is -2.11. The van der Waals surface area contributed by atoms with Gasteiger partial charge in [-0.25, -0.2) is 0 Å². The van der Waals surface area contributed by atoms with Gasteiger partial charge in [-0.05, 0) is 55.1 Å². The normalized spacial score (nSPS) is 14.8. The monoisotopic (exact) mass is 255 g/mol. The van der Waals surface area contributed by atoms with Gasteiger partial charge in [-0.3, -0.25) is 0 Å². The predicted octanol–water partition coefficient (Wildman–Crippen LogP) is 2.83. The summed E-state index contributed by atoms with van der Waals surface area (Å²) in [5, 5.41) is 3.42. The van der Waals surface area contributed by atoms with Crippen LogP contribution in [0.3, 0.4) is 0 Å². The van der Waals surface area contributed by atoms with Gasteiger partial charge < -0.3 is 10.1 Å². The lowest BCUT2D eigenvalue weighted by atomic mass is 10.0. The number of halogens is 1. The summed E-state index contributed by atoms with van der Waals surface area (Å²) in [4.78, 5) is 0. The molecule has 0 saturated heterocycles. The van der Waals surface area contributed by atoms with E-state index < -0.39 is 0 Å². The number of rotatable bonds is 3. The van der Waals surface area contributed by atoms with Crippen molar-refractivity contribution in [2.45, 2.75) is 26.7 Å². The molecule has 1 N–H and O–H groups in total. The van der Waals surface area contributed by atoms with E-state index in [2.05, 4.69) is 37.4 Å². The van der Waals surface area contributed by atoms with Crippen molar-refractivity contribution in [3.63, 3.8) is 0 Å². The molecule has 0 aromatic heterocycles. The molecule has 2 rings (SSSR count). The van der Waals surface area contributed by atoms with Gasteiger partial charge in [0.1, 0.15) is 5.75 Å². The minimum absolute atomic E-state index is 0. The van der Waals surface area contributed by atoms with Crippen LogP contribution in [0.1, 0.15) is 25.0 Å². The van der Waals surface area contributed by atoms with E-state index in [0.29, 0.717) is 5.92 Å². The van der Waals surface area contributed by atoms with Crippen LogP contribution in [-0.2, 0) is 12.8 Å². The molecule has 0 saturated carbocycles. The Morgan fingerprint density at radius 2 is 1.88 bits per heavy atom. The summed E-state index contributed by atoms with van der Waals surface area (Å²) in [5.74, 6) is 1.61. The fourth-order valence-electron chi connectivity index (χ4n) is 2.00. The topological polar surface area (TPSA) is 21.3 Å². The Bertz CT molecular complexity index is 352. The van der Waals surface area contributed by atoms with Crippen LogP contribution < -0.4 is 10.1 Å². The summed E-state index contributed by atoms with van der Waals surface area (Å²) >= 11 is 0. The highest BCUT2D eigenvalue weighted by Crippen LogP contribution is 2.20. The fraction of sp³-hybridized carbons (Fsp3) is 0.571. The largest absolute Gasteiger partial charge is 0.493 e. The maximum absolute atomic E-state index is 5.75. The van der Waals surface area contributed by atoms with E-state index in [1.54, 1.807) is 0 Å². The predicted molar refractivity (Wildman–Crippen MR) is 74.3 cm³/mol. The van der Waals surface area contributed by atoms with Crippen LogP contribution >= 0.6 is 12.4 Å². The average molecular weight is 256 g/mol. The Morgan fingerprint density at radius 1 is 1.18 bits per heavy atom. The van der Waals surface area contributed by atoms with Gasteiger partial charge >= 0.3 is 0 Å². The van der Waals surface area contributed by atoms with E-state index in [4.69, 9.17) is 4.74 Å². The highest BCUT2D eigenvalue weighted by Gasteiger charge is 2.08. The Morgan fingerprint density at radius 3 is 2.59 bits per heavy atom. The molecule has 0 atom stereocenters. The maximum Gasteiger partial charge on any atom is 0.119 e. The minimum Gasteiger partial charge on any atom is -0.493 e. The summed E-state index contributed by atoms with van der Waals surface area (Å²) in [6, 6.07) is 6.54. The van der Waals surface area contributed by atoms with Crippen molar-refractivity contribution < 1.29 is 4.74 Å². The maximum atomic E-state index is 5.75. The zero-order valence-electron chi connectivity index (χ0n) is 10.7. The second kappa shape index (κ2) is 6.87. The molecule has 0 unspecified atom stereocenters. The third kappa shape index (κ3) is 4.21. The first-order chi connectivity index (χ1) is 7.75. The van der Waals surface area contributed by atoms with Crippen LogP contribution in [-0.4, -0.2) is 19.7 Å². The summed E-state index contributed by atoms with van der Waals surface area (Å²) in [6.45, 7) is 7.33. The SMILES string of the molecule is CC(C)COc1ccc2c(c1)CCNCC2.Cl. The van der Waals surface area contributed by atoms with E-state index in [1.165, 1.54) is 11.1 Å². The first kappa shape index (κ1) is 14.3. The minimum atomic E-state index is 0. The highest BCUT2D eigenvalue weighted by molar-refractivity contribution is 5.85. The second-order valence-corrected chi connectivity index (χ2v) is 4.89. The van der Waals surface area contributed by atoms with Gasteiger partial charge in [-0.15, -0.1) is 12.4 Å². The van der Waals surface area contributed by atoms with Gasteiger partial charge in [0.25, 0.3) is 0 Å². The fourth-order valence-corrected chi connectivity index (χ4v) is 2.00. The van der Waals surface area contributed by atoms with Crippen molar-refractivity contribution in [1.29, 1.82) is 0 Å². The third-order valence-corrected chi connectivity index (χ3v) is 2.90. The molecule has 1 aliphatic rings. The van der Waals surface area contributed by atoms with Crippen LogP contribution in [0.5, 0.6) is 5.75 Å². The quantitative estimate of drug-likeness (QED) is 0.897. The molecule has 0 fully saturated rings. The molecule has 0 spiro atoms. The Labute approximate surface area is 110 Å². The van der Waals surface area contributed by atoms with Crippen LogP contribution in [0.4, 0.5) is 0 Å². The second-order valence-electron chi connectivity index (χ2n) is 4.89. The molecule has 1 aromatic carbocycles. The molecule has 3 heteroatoms. The Balaban J connectivity index is 0.00000144. The molecule has 1 aliphatic heterocycles. The molecule has 1 heterocycles. The van der Waals surface area contributed by atoms with Gasteiger partial charge in [0, 0.05) is 0 Å². The summed E-state index contributed by atoms with van der Waals surface area (Å²) in [7, 11) is 0. The van der Waals surface area contributed by atoms with Gasteiger partial charge in [-0.2, -0.15) is 0 Å². The summed E-state index contributed by atoms with van der Waals surface area (Å²) in [6.07, 6.45) is 2.26. The zero-order valence-corrected chi connectivity index (χ0v) is 11.5. The van der Waals surface area contributed by atoms with Crippen molar-refractivity contribution >= 4 is 12.4 Å². The van der Waals surface area contributed by atoms with E-state index >= 15 is 0 Å². The van der Waals surface area contributed by atoms with Crippen LogP contribution in [0.2, 0.25) is 0 Å². The molecule has 17 heavy (non-hydrogen) atoms. The summed E-state index contributed by atoms with van der Waals surface area (Å²) in [5.41, 5.74) is 2.92.